The summed E-state index contributed by atoms with van der Waals surface area (Å²) in [7, 11) is 1.37. The molecule has 108 valence electrons. The minimum Gasteiger partial charge on any atom is -0.494 e. The maximum Gasteiger partial charge on any atom is 0.222 e. The van der Waals surface area contributed by atoms with Crippen molar-refractivity contribution in [3.8, 4) is 5.75 Å². The molecule has 0 bridgehead atoms. The summed E-state index contributed by atoms with van der Waals surface area (Å²) >= 11 is 0. The van der Waals surface area contributed by atoms with Crippen LogP contribution in [-0.2, 0) is 4.79 Å². The van der Waals surface area contributed by atoms with Crippen LogP contribution in [-0.4, -0.2) is 36.3 Å². The zero-order valence-electron chi connectivity index (χ0n) is 11.7. The Bertz CT molecular complexity index is 530. The van der Waals surface area contributed by atoms with Gasteiger partial charge in [0.1, 0.15) is 0 Å². The molecule has 0 spiro atoms. The Balaban J connectivity index is 2.22. The van der Waals surface area contributed by atoms with E-state index in [9.17, 15) is 14.0 Å². The lowest BCUT2D eigenvalue weighted by atomic mass is 10.0. The van der Waals surface area contributed by atoms with E-state index in [0.29, 0.717) is 19.4 Å². The Morgan fingerprint density at radius 1 is 1.45 bits per heavy atom. The molecule has 1 heterocycles. The molecule has 5 heteroatoms. The first-order chi connectivity index (χ1) is 9.58. The van der Waals surface area contributed by atoms with E-state index in [2.05, 4.69) is 0 Å². The lowest BCUT2D eigenvalue weighted by Gasteiger charge is -2.23. The highest BCUT2D eigenvalue weighted by Crippen LogP contribution is 2.24. The molecule has 0 N–H and O–H groups in total. The van der Waals surface area contributed by atoms with Crippen LogP contribution in [0.2, 0.25) is 0 Å². The molecule has 2 rings (SSSR count). The summed E-state index contributed by atoms with van der Waals surface area (Å²) in [5.74, 6) is -0.695. The maximum absolute atomic E-state index is 13.7. The number of benzene rings is 1. The molecular weight excluding hydrogens is 261 g/mol. The summed E-state index contributed by atoms with van der Waals surface area (Å²) in [6.07, 6.45) is 1.82. The molecule has 20 heavy (non-hydrogen) atoms. The number of ketones is 1. The number of carbonyl (C=O) groups is 2. The average Bonchev–Trinajstić information content (AvgIpc) is 2.94. The third-order valence-electron chi connectivity index (χ3n) is 3.61. The summed E-state index contributed by atoms with van der Waals surface area (Å²) in [5, 5.41) is 0. The summed E-state index contributed by atoms with van der Waals surface area (Å²) in [6.45, 7) is 2.37. The molecule has 1 atom stereocenters. The second kappa shape index (κ2) is 6.03. The molecule has 0 saturated carbocycles. The first kappa shape index (κ1) is 14.5. The minimum absolute atomic E-state index is 0.0326. The van der Waals surface area contributed by atoms with Gasteiger partial charge in [0.2, 0.25) is 5.91 Å². The number of hydrogen-bond acceptors (Lipinski definition) is 3. The summed E-state index contributed by atoms with van der Waals surface area (Å²) in [6, 6.07) is 3.68. The number of amides is 1. The van der Waals surface area contributed by atoms with E-state index in [4.69, 9.17) is 4.74 Å². The lowest BCUT2D eigenvalue weighted by molar-refractivity contribution is -0.131. The number of Topliss-reactive ketones (excluding diaryl/α,β-unsaturated/α-hetero) is 1. The molecule has 1 aromatic carbocycles. The van der Waals surface area contributed by atoms with Crippen molar-refractivity contribution >= 4 is 11.7 Å². The fourth-order valence-electron chi connectivity index (χ4n) is 2.55. The van der Waals surface area contributed by atoms with Gasteiger partial charge in [-0.05, 0) is 31.0 Å². The lowest BCUT2D eigenvalue weighted by Crippen LogP contribution is -2.40. The quantitative estimate of drug-likeness (QED) is 0.795. The molecule has 1 fully saturated rings. The summed E-state index contributed by atoms with van der Waals surface area (Å²) < 4.78 is 18.5. The molecule has 0 radical (unpaired) electrons. The van der Waals surface area contributed by atoms with Crippen LogP contribution in [0.15, 0.2) is 18.2 Å². The first-order valence-corrected chi connectivity index (χ1v) is 6.75. The summed E-state index contributed by atoms with van der Waals surface area (Å²) in [5.41, 5.74) is 0.282. The van der Waals surface area contributed by atoms with Gasteiger partial charge in [0.15, 0.2) is 17.3 Å². The summed E-state index contributed by atoms with van der Waals surface area (Å²) in [4.78, 5) is 25.8. The maximum atomic E-state index is 13.7. The van der Waals surface area contributed by atoms with E-state index in [0.717, 1.165) is 6.42 Å². The number of ether oxygens (including phenoxy) is 1. The third kappa shape index (κ3) is 2.66. The smallest absolute Gasteiger partial charge is 0.222 e. The molecule has 1 amide bonds. The SMILES string of the molecule is CCC(=O)N1CCCC1C(=O)c1ccc(OC)c(F)c1. The molecular formula is C15H18FNO3. The fraction of sp³-hybridized carbons (Fsp3) is 0.467. The first-order valence-electron chi connectivity index (χ1n) is 6.75. The Hall–Kier alpha value is -1.91. The Labute approximate surface area is 117 Å². The number of rotatable bonds is 4. The molecule has 1 aliphatic heterocycles. The number of nitrogens with zero attached hydrogens (tertiary/aromatic N) is 1. The minimum atomic E-state index is -0.565. The number of hydrogen-bond donors (Lipinski definition) is 0. The number of methoxy groups -OCH3 is 1. The standard InChI is InChI=1S/C15H18FNO3/c1-3-14(18)17-8-4-5-12(17)15(19)10-6-7-13(20-2)11(16)9-10/h6-7,9,12H,3-5,8H2,1-2H3. The van der Waals surface area contributed by atoms with Crippen LogP contribution in [0.4, 0.5) is 4.39 Å². The van der Waals surface area contributed by atoms with Crippen molar-refractivity contribution in [2.45, 2.75) is 32.2 Å². The van der Waals surface area contributed by atoms with Gasteiger partial charge in [-0.25, -0.2) is 4.39 Å². The van der Waals surface area contributed by atoms with Gasteiger partial charge in [-0.3, -0.25) is 9.59 Å². The molecule has 1 unspecified atom stereocenters. The van der Waals surface area contributed by atoms with Gasteiger partial charge in [-0.1, -0.05) is 6.92 Å². The van der Waals surface area contributed by atoms with Gasteiger partial charge in [0, 0.05) is 18.5 Å². The Kier molecular flexibility index (Phi) is 4.37. The molecule has 1 saturated heterocycles. The van der Waals surface area contributed by atoms with Gasteiger partial charge >= 0.3 is 0 Å². The van der Waals surface area contributed by atoms with Crippen molar-refractivity contribution < 1.29 is 18.7 Å². The van der Waals surface area contributed by atoms with Gasteiger partial charge < -0.3 is 9.64 Å². The van der Waals surface area contributed by atoms with E-state index in [-0.39, 0.29) is 23.0 Å². The average molecular weight is 279 g/mol. The van der Waals surface area contributed by atoms with E-state index < -0.39 is 11.9 Å². The van der Waals surface area contributed by atoms with E-state index >= 15 is 0 Å². The van der Waals surface area contributed by atoms with Crippen LogP contribution < -0.4 is 4.74 Å². The van der Waals surface area contributed by atoms with E-state index in [1.54, 1.807) is 11.8 Å². The van der Waals surface area contributed by atoms with E-state index in [1.165, 1.54) is 25.3 Å². The largest absolute Gasteiger partial charge is 0.494 e. The molecule has 4 nitrogen and oxygen atoms in total. The van der Waals surface area contributed by atoms with Gasteiger partial charge in [0.05, 0.1) is 13.2 Å². The van der Waals surface area contributed by atoms with Crippen LogP contribution >= 0.6 is 0 Å². The van der Waals surface area contributed by atoms with Gasteiger partial charge in [-0.2, -0.15) is 0 Å². The van der Waals surface area contributed by atoms with Crippen molar-refractivity contribution in [3.63, 3.8) is 0 Å². The highest BCUT2D eigenvalue weighted by Gasteiger charge is 2.33. The van der Waals surface area contributed by atoms with Gasteiger partial charge in [-0.15, -0.1) is 0 Å². The monoisotopic (exact) mass is 279 g/mol. The van der Waals surface area contributed by atoms with Crippen molar-refractivity contribution in [1.82, 2.24) is 4.90 Å². The highest BCUT2D eigenvalue weighted by atomic mass is 19.1. The third-order valence-corrected chi connectivity index (χ3v) is 3.61. The van der Waals surface area contributed by atoms with Crippen LogP contribution in [0.3, 0.4) is 0 Å². The molecule has 1 aliphatic rings. The van der Waals surface area contributed by atoms with E-state index in [1.807, 2.05) is 0 Å². The van der Waals surface area contributed by atoms with Crippen LogP contribution in [0, 0.1) is 5.82 Å². The number of carbonyl (C=O) groups excluding carboxylic acids is 2. The van der Waals surface area contributed by atoms with Crippen molar-refractivity contribution in [2.75, 3.05) is 13.7 Å². The second-order valence-corrected chi connectivity index (χ2v) is 4.81. The molecule has 0 aromatic heterocycles. The van der Waals surface area contributed by atoms with Gasteiger partial charge in [0.25, 0.3) is 0 Å². The highest BCUT2D eigenvalue weighted by molar-refractivity contribution is 6.02. The fourth-order valence-corrected chi connectivity index (χ4v) is 2.55. The second-order valence-electron chi connectivity index (χ2n) is 4.81. The molecule has 1 aromatic rings. The molecule has 0 aliphatic carbocycles. The normalized spacial score (nSPS) is 18.1. The Morgan fingerprint density at radius 3 is 2.80 bits per heavy atom. The topological polar surface area (TPSA) is 46.6 Å². The van der Waals surface area contributed by atoms with Crippen LogP contribution in [0.25, 0.3) is 0 Å². The van der Waals surface area contributed by atoms with Crippen LogP contribution in [0.5, 0.6) is 5.75 Å². The zero-order chi connectivity index (χ0) is 14.7. The number of likely N-dealkylation sites (tertiary alicyclic amines) is 1. The van der Waals surface area contributed by atoms with Crippen molar-refractivity contribution in [3.05, 3.63) is 29.6 Å². The van der Waals surface area contributed by atoms with Crippen LogP contribution in [0.1, 0.15) is 36.5 Å². The number of halogens is 1. The predicted molar refractivity (Wildman–Crippen MR) is 72.3 cm³/mol. The predicted octanol–water partition coefficient (Wildman–Crippen LogP) is 2.42. The Morgan fingerprint density at radius 2 is 2.20 bits per heavy atom. The zero-order valence-corrected chi connectivity index (χ0v) is 11.7. The van der Waals surface area contributed by atoms with Crippen molar-refractivity contribution in [2.24, 2.45) is 0 Å². The van der Waals surface area contributed by atoms with Crippen molar-refractivity contribution in [1.29, 1.82) is 0 Å².